The molecule has 4 rings (SSSR count). The predicted molar refractivity (Wildman–Crippen MR) is 74.3 cm³/mol. The molecule has 19 heavy (non-hydrogen) atoms. The molecule has 0 saturated carbocycles. The second kappa shape index (κ2) is 4.26. The fourth-order valence-electron chi connectivity index (χ4n) is 3.06. The van der Waals surface area contributed by atoms with Gasteiger partial charge in [0.25, 0.3) is 0 Å². The van der Waals surface area contributed by atoms with E-state index in [1.807, 2.05) is 6.33 Å². The van der Waals surface area contributed by atoms with E-state index in [0.717, 1.165) is 32.0 Å². The van der Waals surface area contributed by atoms with Crippen LogP contribution >= 0.6 is 0 Å². The van der Waals surface area contributed by atoms with Crippen molar-refractivity contribution in [3.05, 3.63) is 35.9 Å². The standard InChI is InChI=1S/C14H17N5/c1-4-12-11(3-2-6-15-12)13(5-1)18-7-8-19-10-16-17-14(19)9-18/h1,4-5,10,15H,2-3,6-9H2. The molecular weight excluding hydrogens is 238 g/mol. The van der Waals surface area contributed by atoms with Crippen LogP contribution in [0.1, 0.15) is 17.8 Å². The van der Waals surface area contributed by atoms with E-state index in [4.69, 9.17) is 0 Å². The Morgan fingerprint density at radius 3 is 3.21 bits per heavy atom. The molecule has 2 aliphatic rings. The van der Waals surface area contributed by atoms with E-state index >= 15 is 0 Å². The monoisotopic (exact) mass is 255 g/mol. The minimum atomic E-state index is 0.858. The summed E-state index contributed by atoms with van der Waals surface area (Å²) in [6.45, 7) is 3.95. The molecule has 0 saturated heterocycles. The molecule has 0 amide bonds. The highest BCUT2D eigenvalue weighted by molar-refractivity contribution is 5.68. The lowest BCUT2D eigenvalue weighted by Crippen LogP contribution is -2.34. The van der Waals surface area contributed by atoms with E-state index in [9.17, 15) is 0 Å². The molecule has 2 aromatic rings. The van der Waals surface area contributed by atoms with Crippen molar-refractivity contribution in [1.29, 1.82) is 0 Å². The number of nitrogens with zero attached hydrogens (tertiary/aromatic N) is 4. The summed E-state index contributed by atoms with van der Waals surface area (Å²) >= 11 is 0. The summed E-state index contributed by atoms with van der Waals surface area (Å²) in [6.07, 6.45) is 4.21. The number of nitrogens with one attached hydrogen (secondary N) is 1. The van der Waals surface area contributed by atoms with Gasteiger partial charge in [-0.15, -0.1) is 10.2 Å². The van der Waals surface area contributed by atoms with Gasteiger partial charge in [0.2, 0.25) is 0 Å². The van der Waals surface area contributed by atoms with Crippen LogP contribution in [0.25, 0.3) is 0 Å². The molecule has 0 fully saturated rings. The number of aromatic nitrogens is 3. The molecule has 3 heterocycles. The second-order valence-electron chi connectivity index (χ2n) is 5.20. The van der Waals surface area contributed by atoms with Gasteiger partial charge in [-0.25, -0.2) is 0 Å². The molecule has 5 nitrogen and oxygen atoms in total. The fourth-order valence-corrected chi connectivity index (χ4v) is 3.06. The highest BCUT2D eigenvalue weighted by atomic mass is 15.3. The topological polar surface area (TPSA) is 46.0 Å². The van der Waals surface area contributed by atoms with Crippen LogP contribution in [0.3, 0.4) is 0 Å². The molecule has 0 bridgehead atoms. The summed E-state index contributed by atoms with van der Waals surface area (Å²) in [7, 11) is 0. The maximum absolute atomic E-state index is 4.20. The van der Waals surface area contributed by atoms with E-state index in [1.54, 1.807) is 0 Å². The van der Waals surface area contributed by atoms with E-state index in [0.29, 0.717) is 0 Å². The number of hydrogen-bond acceptors (Lipinski definition) is 4. The highest BCUT2D eigenvalue weighted by Gasteiger charge is 2.21. The molecular formula is C14H17N5. The number of fused-ring (bicyclic) bond motifs is 2. The smallest absolute Gasteiger partial charge is 0.152 e. The summed E-state index contributed by atoms with van der Waals surface area (Å²) < 4.78 is 2.14. The molecule has 98 valence electrons. The minimum absolute atomic E-state index is 0.858. The summed E-state index contributed by atoms with van der Waals surface area (Å²) in [5.41, 5.74) is 4.12. The zero-order chi connectivity index (χ0) is 12.7. The molecule has 0 atom stereocenters. The molecule has 0 unspecified atom stereocenters. The van der Waals surface area contributed by atoms with Crippen LogP contribution in [0.15, 0.2) is 24.5 Å². The Labute approximate surface area is 112 Å². The Morgan fingerprint density at radius 1 is 1.21 bits per heavy atom. The molecule has 2 aliphatic heterocycles. The van der Waals surface area contributed by atoms with Gasteiger partial charge in [0.1, 0.15) is 6.33 Å². The number of anilines is 2. The first kappa shape index (κ1) is 10.8. The lowest BCUT2D eigenvalue weighted by Gasteiger charge is -2.32. The van der Waals surface area contributed by atoms with Crippen molar-refractivity contribution < 1.29 is 0 Å². The maximum atomic E-state index is 4.20. The SMILES string of the molecule is c1cc2c(c(N3CCn4cnnc4C3)c1)CCCN2. The third-order valence-corrected chi connectivity index (χ3v) is 4.05. The lowest BCUT2D eigenvalue weighted by molar-refractivity contribution is 0.558. The van der Waals surface area contributed by atoms with Crippen molar-refractivity contribution in [2.75, 3.05) is 23.3 Å². The van der Waals surface area contributed by atoms with Gasteiger partial charge in [-0.05, 0) is 30.5 Å². The van der Waals surface area contributed by atoms with Crippen molar-refractivity contribution in [3.8, 4) is 0 Å². The second-order valence-corrected chi connectivity index (χ2v) is 5.20. The van der Waals surface area contributed by atoms with Gasteiger partial charge in [0.05, 0.1) is 6.54 Å². The van der Waals surface area contributed by atoms with E-state index in [2.05, 4.69) is 43.2 Å². The summed E-state index contributed by atoms with van der Waals surface area (Å²) in [5, 5.41) is 11.7. The fraction of sp³-hybridized carbons (Fsp3) is 0.429. The van der Waals surface area contributed by atoms with Crippen LogP contribution in [0, 0.1) is 0 Å². The zero-order valence-electron chi connectivity index (χ0n) is 10.8. The van der Waals surface area contributed by atoms with Gasteiger partial charge in [-0.1, -0.05) is 6.07 Å². The molecule has 1 aromatic heterocycles. The first-order valence-corrected chi connectivity index (χ1v) is 6.89. The van der Waals surface area contributed by atoms with Gasteiger partial charge >= 0.3 is 0 Å². The third-order valence-electron chi connectivity index (χ3n) is 4.05. The van der Waals surface area contributed by atoms with E-state index < -0.39 is 0 Å². The molecule has 0 radical (unpaired) electrons. The highest BCUT2D eigenvalue weighted by Crippen LogP contribution is 2.32. The average molecular weight is 255 g/mol. The van der Waals surface area contributed by atoms with Gasteiger partial charge in [-0.2, -0.15) is 0 Å². The number of hydrogen-bond donors (Lipinski definition) is 1. The van der Waals surface area contributed by atoms with Gasteiger partial charge in [-0.3, -0.25) is 0 Å². The maximum Gasteiger partial charge on any atom is 0.152 e. The van der Waals surface area contributed by atoms with Crippen molar-refractivity contribution in [2.24, 2.45) is 0 Å². The number of rotatable bonds is 1. The minimum Gasteiger partial charge on any atom is -0.385 e. The Hall–Kier alpha value is -2.04. The summed E-state index contributed by atoms with van der Waals surface area (Å²) in [6, 6.07) is 6.56. The first-order valence-electron chi connectivity index (χ1n) is 6.89. The molecule has 5 heteroatoms. The predicted octanol–water partition coefficient (Wildman–Crippen LogP) is 1.66. The van der Waals surface area contributed by atoms with Gasteiger partial charge in [0, 0.05) is 31.0 Å². The summed E-state index contributed by atoms with van der Waals surface area (Å²) in [4.78, 5) is 2.43. The van der Waals surface area contributed by atoms with Gasteiger partial charge in [0.15, 0.2) is 5.82 Å². The molecule has 0 spiro atoms. The Kier molecular flexibility index (Phi) is 2.43. The van der Waals surface area contributed by atoms with Crippen LogP contribution in [0.5, 0.6) is 0 Å². The molecule has 0 aliphatic carbocycles. The third kappa shape index (κ3) is 1.77. The van der Waals surface area contributed by atoms with Crippen LogP contribution in [-0.4, -0.2) is 27.9 Å². The quantitative estimate of drug-likeness (QED) is 0.841. The van der Waals surface area contributed by atoms with Crippen LogP contribution < -0.4 is 10.2 Å². The lowest BCUT2D eigenvalue weighted by atomic mass is 10.0. The average Bonchev–Trinajstić information content (AvgIpc) is 2.94. The molecule has 1 N–H and O–H groups in total. The Bertz CT molecular complexity index is 604. The van der Waals surface area contributed by atoms with Crippen molar-refractivity contribution >= 4 is 11.4 Å². The molecule has 1 aromatic carbocycles. The van der Waals surface area contributed by atoms with E-state index in [-0.39, 0.29) is 0 Å². The van der Waals surface area contributed by atoms with Crippen molar-refractivity contribution in [3.63, 3.8) is 0 Å². The normalized spacial score (nSPS) is 17.6. The van der Waals surface area contributed by atoms with Crippen molar-refractivity contribution in [1.82, 2.24) is 14.8 Å². The van der Waals surface area contributed by atoms with Crippen LogP contribution in [0.2, 0.25) is 0 Å². The number of benzene rings is 1. The van der Waals surface area contributed by atoms with Crippen molar-refractivity contribution in [2.45, 2.75) is 25.9 Å². The van der Waals surface area contributed by atoms with E-state index in [1.165, 1.54) is 29.8 Å². The summed E-state index contributed by atoms with van der Waals surface area (Å²) in [5.74, 6) is 1.06. The Morgan fingerprint density at radius 2 is 2.21 bits per heavy atom. The van der Waals surface area contributed by atoms with Crippen LogP contribution in [-0.2, 0) is 19.5 Å². The zero-order valence-corrected chi connectivity index (χ0v) is 10.8. The largest absolute Gasteiger partial charge is 0.385 e. The van der Waals surface area contributed by atoms with Crippen LogP contribution in [0.4, 0.5) is 11.4 Å². The first-order chi connectivity index (χ1) is 9.42. The van der Waals surface area contributed by atoms with Gasteiger partial charge < -0.3 is 14.8 Å². The Balaban J connectivity index is 1.70.